The Bertz CT molecular complexity index is 957. The summed E-state index contributed by atoms with van der Waals surface area (Å²) in [7, 11) is 0. The lowest BCUT2D eigenvalue weighted by molar-refractivity contribution is 0.102. The van der Waals surface area contributed by atoms with Crippen molar-refractivity contribution in [1.29, 1.82) is 0 Å². The van der Waals surface area contributed by atoms with E-state index in [9.17, 15) is 4.79 Å². The standard InChI is InChI=1S/C15H11N7O2/c23-14(11-8-10(19-20-11)12-5-3-7-24-12)18-15-17-13(21-22-15)9-4-1-2-6-16-9/h1-8H,(H,19,20)(H2,17,18,21,22,23). The number of rotatable bonds is 4. The highest BCUT2D eigenvalue weighted by atomic mass is 16.3. The minimum absolute atomic E-state index is 0.142. The Morgan fingerprint density at radius 2 is 2.08 bits per heavy atom. The number of H-pyrrole nitrogens is 2. The average molecular weight is 321 g/mol. The van der Waals surface area contributed by atoms with Gasteiger partial charge < -0.3 is 4.42 Å². The van der Waals surface area contributed by atoms with Crippen LogP contribution in [0.15, 0.2) is 53.3 Å². The van der Waals surface area contributed by atoms with Crippen LogP contribution in [0.3, 0.4) is 0 Å². The van der Waals surface area contributed by atoms with Gasteiger partial charge in [-0.25, -0.2) is 0 Å². The van der Waals surface area contributed by atoms with Gasteiger partial charge in [-0.3, -0.25) is 25.3 Å². The second-order valence-electron chi connectivity index (χ2n) is 4.82. The molecule has 4 heterocycles. The van der Waals surface area contributed by atoms with Gasteiger partial charge in [0.15, 0.2) is 17.3 Å². The first-order valence-corrected chi connectivity index (χ1v) is 7.04. The third-order valence-corrected chi connectivity index (χ3v) is 3.22. The molecule has 0 atom stereocenters. The Hall–Kier alpha value is -3.75. The molecule has 9 nitrogen and oxygen atoms in total. The van der Waals surface area contributed by atoms with Gasteiger partial charge in [0.2, 0.25) is 5.95 Å². The van der Waals surface area contributed by atoms with E-state index in [0.29, 0.717) is 23.0 Å². The summed E-state index contributed by atoms with van der Waals surface area (Å²) in [5.41, 5.74) is 1.44. The molecule has 4 rings (SSSR count). The number of aromatic nitrogens is 6. The highest BCUT2D eigenvalue weighted by Crippen LogP contribution is 2.18. The highest BCUT2D eigenvalue weighted by Gasteiger charge is 2.15. The molecule has 0 fully saturated rings. The van der Waals surface area contributed by atoms with Crippen molar-refractivity contribution in [2.24, 2.45) is 0 Å². The monoisotopic (exact) mass is 321 g/mol. The van der Waals surface area contributed by atoms with E-state index in [1.807, 2.05) is 6.07 Å². The van der Waals surface area contributed by atoms with Crippen LogP contribution in [-0.2, 0) is 0 Å². The normalized spacial score (nSPS) is 10.7. The predicted octanol–water partition coefficient (Wildman–Crippen LogP) is 2.10. The zero-order valence-electron chi connectivity index (χ0n) is 12.2. The molecule has 3 N–H and O–H groups in total. The van der Waals surface area contributed by atoms with Crippen molar-refractivity contribution < 1.29 is 9.21 Å². The smallest absolute Gasteiger partial charge is 0.278 e. The molecule has 24 heavy (non-hydrogen) atoms. The fourth-order valence-electron chi connectivity index (χ4n) is 2.10. The third kappa shape index (κ3) is 2.65. The van der Waals surface area contributed by atoms with Gasteiger partial charge in [0.05, 0.1) is 6.26 Å². The minimum Gasteiger partial charge on any atom is -0.463 e. The molecule has 4 aromatic heterocycles. The van der Waals surface area contributed by atoms with Crippen molar-refractivity contribution in [3.05, 3.63) is 54.6 Å². The summed E-state index contributed by atoms with van der Waals surface area (Å²) in [6.07, 6.45) is 3.19. The van der Waals surface area contributed by atoms with Crippen LogP contribution >= 0.6 is 0 Å². The molecular weight excluding hydrogens is 310 g/mol. The molecule has 4 aromatic rings. The fourth-order valence-corrected chi connectivity index (χ4v) is 2.10. The van der Waals surface area contributed by atoms with E-state index < -0.39 is 5.91 Å². The first-order valence-electron chi connectivity index (χ1n) is 7.04. The molecule has 0 saturated carbocycles. The fraction of sp³-hybridized carbons (Fsp3) is 0. The van der Waals surface area contributed by atoms with Gasteiger partial charge in [0.1, 0.15) is 11.4 Å². The van der Waals surface area contributed by atoms with Crippen LogP contribution in [0.25, 0.3) is 23.0 Å². The van der Waals surface area contributed by atoms with E-state index in [4.69, 9.17) is 4.42 Å². The molecule has 0 radical (unpaired) electrons. The minimum atomic E-state index is -0.435. The first-order chi connectivity index (χ1) is 11.8. The second-order valence-corrected chi connectivity index (χ2v) is 4.82. The van der Waals surface area contributed by atoms with Crippen LogP contribution in [0.4, 0.5) is 5.95 Å². The Labute approximate surface area is 135 Å². The number of hydrogen-bond donors (Lipinski definition) is 3. The molecule has 0 saturated heterocycles. The maximum atomic E-state index is 12.2. The maximum Gasteiger partial charge on any atom is 0.278 e. The summed E-state index contributed by atoms with van der Waals surface area (Å²) in [6.45, 7) is 0. The largest absolute Gasteiger partial charge is 0.463 e. The van der Waals surface area contributed by atoms with Gasteiger partial charge >= 0.3 is 0 Å². The van der Waals surface area contributed by atoms with E-state index >= 15 is 0 Å². The van der Waals surface area contributed by atoms with E-state index in [1.54, 1.807) is 42.8 Å². The summed E-state index contributed by atoms with van der Waals surface area (Å²) >= 11 is 0. The summed E-state index contributed by atoms with van der Waals surface area (Å²) in [5, 5.41) is 15.9. The number of aromatic amines is 2. The zero-order valence-corrected chi connectivity index (χ0v) is 12.2. The quantitative estimate of drug-likeness (QED) is 0.528. The number of carbonyl (C=O) groups excluding carboxylic acids is 1. The highest BCUT2D eigenvalue weighted by molar-refractivity contribution is 6.02. The van der Waals surface area contributed by atoms with Crippen LogP contribution < -0.4 is 5.32 Å². The van der Waals surface area contributed by atoms with Gasteiger partial charge in [-0.1, -0.05) is 6.07 Å². The molecule has 0 aromatic carbocycles. The summed E-state index contributed by atoms with van der Waals surface area (Å²) in [5.74, 6) is 0.764. The Kier molecular flexibility index (Phi) is 3.35. The van der Waals surface area contributed by atoms with Crippen LogP contribution in [0, 0.1) is 0 Å². The van der Waals surface area contributed by atoms with Crippen molar-refractivity contribution in [3.8, 4) is 23.0 Å². The lowest BCUT2D eigenvalue weighted by atomic mass is 10.3. The predicted molar refractivity (Wildman–Crippen MR) is 83.9 cm³/mol. The van der Waals surface area contributed by atoms with Gasteiger partial charge in [0, 0.05) is 12.3 Å². The second kappa shape index (κ2) is 5.80. The lowest BCUT2D eigenvalue weighted by Gasteiger charge is -1.95. The molecule has 9 heteroatoms. The lowest BCUT2D eigenvalue weighted by Crippen LogP contribution is -2.13. The van der Waals surface area contributed by atoms with Crippen molar-refractivity contribution in [2.45, 2.75) is 0 Å². The molecular formula is C15H11N7O2. The Balaban J connectivity index is 1.50. The topological polar surface area (TPSA) is 125 Å². The number of anilines is 1. The average Bonchev–Trinajstić information content (AvgIpc) is 3.36. The van der Waals surface area contributed by atoms with Crippen molar-refractivity contribution >= 4 is 11.9 Å². The molecule has 0 spiro atoms. The van der Waals surface area contributed by atoms with Crippen LogP contribution in [0.5, 0.6) is 0 Å². The zero-order chi connectivity index (χ0) is 16.4. The SMILES string of the molecule is O=C(Nc1n[nH]c(-c2ccccn2)n1)c1cc(-c2ccco2)[nH]n1. The number of nitrogens with zero attached hydrogens (tertiary/aromatic N) is 4. The number of hydrogen-bond acceptors (Lipinski definition) is 6. The van der Waals surface area contributed by atoms with Gasteiger partial charge in [0.25, 0.3) is 5.91 Å². The maximum absolute atomic E-state index is 12.2. The van der Waals surface area contributed by atoms with Crippen LogP contribution in [0.1, 0.15) is 10.5 Å². The number of amides is 1. The molecule has 0 unspecified atom stereocenters. The van der Waals surface area contributed by atoms with E-state index in [2.05, 4.69) is 35.7 Å². The molecule has 1 amide bonds. The van der Waals surface area contributed by atoms with E-state index in [1.165, 1.54) is 0 Å². The van der Waals surface area contributed by atoms with Gasteiger partial charge in [-0.2, -0.15) is 10.1 Å². The summed E-state index contributed by atoms with van der Waals surface area (Å²) in [4.78, 5) is 20.6. The molecule has 0 aliphatic heterocycles. The van der Waals surface area contributed by atoms with Gasteiger partial charge in [-0.15, -0.1) is 5.10 Å². The number of pyridine rings is 1. The van der Waals surface area contributed by atoms with Crippen molar-refractivity contribution in [1.82, 2.24) is 30.4 Å². The number of nitrogens with one attached hydrogen (secondary N) is 3. The molecule has 0 aliphatic carbocycles. The Morgan fingerprint density at radius 1 is 1.12 bits per heavy atom. The van der Waals surface area contributed by atoms with Crippen molar-refractivity contribution in [2.75, 3.05) is 5.32 Å². The molecule has 0 bridgehead atoms. The molecule has 0 aliphatic rings. The van der Waals surface area contributed by atoms with E-state index in [0.717, 1.165) is 0 Å². The Morgan fingerprint density at radius 3 is 2.88 bits per heavy atom. The van der Waals surface area contributed by atoms with E-state index in [-0.39, 0.29) is 11.6 Å². The first kappa shape index (κ1) is 13.9. The van der Waals surface area contributed by atoms with Crippen LogP contribution in [-0.4, -0.2) is 36.3 Å². The summed E-state index contributed by atoms with van der Waals surface area (Å²) < 4.78 is 5.24. The molecule has 118 valence electrons. The summed E-state index contributed by atoms with van der Waals surface area (Å²) in [6, 6.07) is 10.5. The number of carbonyl (C=O) groups is 1. The number of furan rings is 1. The van der Waals surface area contributed by atoms with Crippen molar-refractivity contribution in [3.63, 3.8) is 0 Å². The van der Waals surface area contributed by atoms with Crippen LogP contribution in [0.2, 0.25) is 0 Å². The third-order valence-electron chi connectivity index (χ3n) is 3.22. The van der Waals surface area contributed by atoms with Gasteiger partial charge in [-0.05, 0) is 24.3 Å².